The van der Waals surface area contributed by atoms with Crippen molar-refractivity contribution in [2.24, 2.45) is 5.92 Å². The van der Waals surface area contributed by atoms with E-state index in [0.29, 0.717) is 39.6 Å². The lowest BCUT2D eigenvalue weighted by atomic mass is 10.2. The Kier molecular flexibility index (Phi) is 7.91. The minimum Gasteiger partial charge on any atom is -0.479 e. The quantitative estimate of drug-likeness (QED) is 0.518. The molecule has 0 heterocycles. The van der Waals surface area contributed by atoms with E-state index in [2.05, 4.69) is 0 Å². The predicted octanol–water partition coefficient (Wildman–Crippen LogP) is 0.546. The van der Waals surface area contributed by atoms with Crippen LogP contribution in [0, 0.1) is 5.92 Å². The van der Waals surface area contributed by atoms with Gasteiger partial charge in [0, 0.05) is 7.11 Å². The van der Waals surface area contributed by atoms with Gasteiger partial charge in [-0.15, -0.1) is 0 Å². The van der Waals surface area contributed by atoms with Crippen LogP contribution in [0.3, 0.4) is 0 Å². The summed E-state index contributed by atoms with van der Waals surface area (Å²) in [5.41, 5.74) is 0. The fourth-order valence-electron chi connectivity index (χ4n) is 1.51. The second kappa shape index (κ2) is 9.27. The molecule has 1 fully saturated rings. The largest absolute Gasteiger partial charge is 0.479 e. The fraction of sp³-hybridized carbons (Fsp3) is 0.917. The van der Waals surface area contributed by atoms with Crippen LogP contribution in [0.2, 0.25) is 0 Å². The summed E-state index contributed by atoms with van der Waals surface area (Å²) >= 11 is 0. The Bertz CT molecular complexity index is 229. The molecular formula is C12H22O6. The highest BCUT2D eigenvalue weighted by molar-refractivity contribution is 5.73. The third kappa shape index (κ3) is 6.90. The van der Waals surface area contributed by atoms with E-state index in [1.165, 1.54) is 0 Å². The minimum atomic E-state index is -0.875. The maximum atomic E-state index is 10.8. The van der Waals surface area contributed by atoms with E-state index in [4.69, 9.17) is 24.1 Å². The zero-order chi connectivity index (χ0) is 13.2. The molecule has 6 heteroatoms. The third-order valence-electron chi connectivity index (χ3n) is 2.62. The van der Waals surface area contributed by atoms with E-state index in [1.807, 2.05) is 0 Å². The first-order valence-electron chi connectivity index (χ1n) is 6.24. The molecule has 18 heavy (non-hydrogen) atoms. The van der Waals surface area contributed by atoms with Gasteiger partial charge in [-0.05, 0) is 18.8 Å². The van der Waals surface area contributed by atoms with Crippen molar-refractivity contribution in [2.45, 2.75) is 18.9 Å². The molecule has 0 radical (unpaired) electrons. The molecular weight excluding hydrogens is 240 g/mol. The molecule has 1 saturated carbocycles. The summed E-state index contributed by atoms with van der Waals surface area (Å²) in [4.78, 5) is 10.8. The molecule has 0 aromatic rings. The van der Waals surface area contributed by atoms with Crippen molar-refractivity contribution in [3.8, 4) is 0 Å². The van der Waals surface area contributed by atoms with Crippen LogP contribution in [0.15, 0.2) is 0 Å². The van der Waals surface area contributed by atoms with Crippen molar-refractivity contribution in [3.05, 3.63) is 0 Å². The molecule has 0 amide bonds. The van der Waals surface area contributed by atoms with Crippen LogP contribution in [-0.4, -0.2) is 63.9 Å². The molecule has 0 aliphatic heterocycles. The van der Waals surface area contributed by atoms with Gasteiger partial charge in [0.2, 0.25) is 0 Å². The smallest absolute Gasteiger partial charge is 0.333 e. The lowest BCUT2D eigenvalue weighted by molar-refractivity contribution is -0.153. The van der Waals surface area contributed by atoms with E-state index in [1.54, 1.807) is 7.11 Å². The summed E-state index contributed by atoms with van der Waals surface area (Å²) in [7, 11) is 1.62. The van der Waals surface area contributed by atoms with E-state index in [-0.39, 0.29) is 5.92 Å². The fourth-order valence-corrected chi connectivity index (χ4v) is 1.51. The van der Waals surface area contributed by atoms with Gasteiger partial charge in [-0.25, -0.2) is 4.79 Å². The van der Waals surface area contributed by atoms with Crippen molar-refractivity contribution in [3.63, 3.8) is 0 Å². The van der Waals surface area contributed by atoms with Gasteiger partial charge in [0.25, 0.3) is 0 Å². The van der Waals surface area contributed by atoms with Crippen LogP contribution in [0.5, 0.6) is 0 Å². The molecule has 1 aliphatic rings. The first-order chi connectivity index (χ1) is 8.75. The number of hydrogen-bond donors (Lipinski definition) is 1. The van der Waals surface area contributed by atoms with Crippen molar-refractivity contribution >= 4 is 5.97 Å². The summed E-state index contributed by atoms with van der Waals surface area (Å²) in [6.45, 7) is 2.82. The Balaban J connectivity index is 1.87. The van der Waals surface area contributed by atoms with Crippen molar-refractivity contribution in [1.82, 2.24) is 0 Å². The van der Waals surface area contributed by atoms with Crippen molar-refractivity contribution in [1.29, 1.82) is 0 Å². The highest BCUT2D eigenvalue weighted by Gasteiger charge is 2.36. The first kappa shape index (κ1) is 15.4. The topological polar surface area (TPSA) is 74.2 Å². The Morgan fingerprint density at radius 2 is 1.67 bits per heavy atom. The van der Waals surface area contributed by atoms with Crippen molar-refractivity contribution < 1.29 is 28.8 Å². The van der Waals surface area contributed by atoms with Gasteiger partial charge in [-0.2, -0.15) is 0 Å². The predicted molar refractivity (Wildman–Crippen MR) is 63.6 cm³/mol. The van der Waals surface area contributed by atoms with Crippen LogP contribution >= 0.6 is 0 Å². The van der Waals surface area contributed by atoms with E-state index in [9.17, 15) is 4.79 Å². The highest BCUT2D eigenvalue weighted by atomic mass is 16.6. The molecule has 1 aliphatic carbocycles. The van der Waals surface area contributed by atoms with Crippen LogP contribution < -0.4 is 0 Å². The number of carboxylic acid groups (broad SMARTS) is 1. The van der Waals surface area contributed by atoms with Gasteiger partial charge >= 0.3 is 5.97 Å². The van der Waals surface area contributed by atoms with Crippen LogP contribution in [0.4, 0.5) is 0 Å². The first-order valence-corrected chi connectivity index (χ1v) is 6.24. The number of carbonyl (C=O) groups is 1. The van der Waals surface area contributed by atoms with Gasteiger partial charge in [-0.3, -0.25) is 0 Å². The zero-order valence-corrected chi connectivity index (χ0v) is 10.8. The van der Waals surface area contributed by atoms with Crippen LogP contribution in [-0.2, 0) is 23.7 Å². The number of hydrogen-bond acceptors (Lipinski definition) is 5. The van der Waals surface area contributed by atoms with E-state index < -0.39 is 12.1 Å². The lowest BCUT2D eigenvalue weighted by Crippen LogP contribution is -2.27. The number of methoxy groups -OCH3 is 1. The maximum absolute atomic E-state index is 10.8. The number of carboxylic acids is 1. The van der Waals surface area contributed by atoms with Gasteiger partial charge in [0.1, 0.15) is 0 Å². The molecule has 1 atom stereocenters. The normalized spacial score (nSPS) is 16.7. The van der Waals surface area contributed by atoms with E-state index >= 15 is 0 Å². The molecule has 1 rings (SSSR count). The molecule has 1 N–H and O–H groups in total. The number of aliphatic carboxylic acids is 1. The van der Waals surface area contributed by atoms with Crippen LogP contribution in [0.1, 0.15) is 12.8 Å². The van der Waals surface area contributed by atoms with Gasteiger partial charge in [-0.1, -0.05) is 0 Å². The standard InChI is InChI=1S/C12H22O6/c1-15-4-5-16-6-7-17-8-9-18-11(12(13)14)10-2-3-10/h10-11H,2-9H2,1H3,(H,13,14). The molecule has 106 valence electrons. The SMILES string of the molecule is COCCOCCOCCOC(C(=O)O)C1CC1. The highest BCUT2D eigenvalue weighted by Crippen LogP contribution is 2.34. The molecule has 0 spiro atoms. The van der Waals surface area contributed by atoms with Gasteiger partial charge in [0.05, 0.1) is 39.6 Å². The Morgan fingerprint density at radius 1 is 1.11 bits per heavy atom. The summed E-state index contributed by atoms with van der Waals surface area (Å²) in [5, 5.41) is 8.91. The average molecular weight is 262 g/mol. The van der Waals surface area contributed by atoms with Gasteiger partial charge in [0.15, 0.2) is 6.10 Å². The van der Waals surface area contributed by atoms with Crippen LogP contribution in [0.25, 0.3) is 0 Å². The van der Waals surface area contributed by atoms with Crippen molar-refractivity contribution in [2.75, 3.05) is 46.8 Å². The molecule has 0 aromatic carbocycles. The maximum Gasteiger partial charge on any atom is 0.333 e. The Morgan fingerprint density at radius 3 is 2.17 bits per heavy atom. The molecule has 1 unspecified atom stereocenters. The second-order valence-electron chi connectivity index (χ2n) is 4.18. The summed E-state index contributed by atoms with van der Waals surface area (Å²) in [6, 6.07) is 0. The molecule has 0 saturated heterocycles. The number of ether oxygens (including phenoxy) is 4. The molecule has 0 bridgehead atoms. The second-order valence-corrected chi connectivity index (χ2v) is 4.18. The summed E-state index contributed by atoms with van der Waals surface area (Å²) in [6.07, 6.45) is 1.24. The Labute approximate surface area is 107 Å². The lowest BCUT2D eigenvalue weighted by Gasteiger charge is -2.12. The zero-order valence-electron chi connectivity index (χ0n) is 10.8. The Hall–Kier alpha value is -0.690. The van der Waals surface area contributed by atoms with E-state index in [0.717, 1.165) is 12.8 Å². The summed E-state index contributed by atoms with van der Waals surface area (Å²) < 4.78 is 20.6. The number of rotatable bonds is 12. The third-order valence-corrected chi connectivity index (χ3v) is 2.62. The molecule has 0 aromatic heterocycles. The average Bonchev–Trinajstić information content (AvgIpc) is 3.15. The van der Waals surface area contributed by atoms with Gasteiger partial charge < -0.3 is 24.1 Å². The molecule has 6 nitrogen and oxygen atoms in total. The minimum absolute atomic E-state index is 0.194. The monoisotopic (exact) mass is 262 g/mol. The summed E-state index contributed by atoms with van der Waals surface area (Å²) in [5.74, 6) is -0.680.